The molecule has 0 bridgehead atoms. The van der Waals surface area contributed by atoms with Gasteiger partial charge >= 0.3 is 0 Å². The van der Waals surface area contributed by atoms with Crippen LogP contribution >= 0.6 is 22.9 Å². The average molecular weight is 426 g/mol. The fourth-order valence-electron chi connectivity index (χ4n) is 3.48. The molecule has 2 aromatic carbocycles. The van der Waals surface area contributed by atoms with Crippen molar-refractivity contribution in [2.24, 2.45) is 0 Å². The summed E-state index contributed by atoms with van der Waals surface area (Å²) < 4.78 is 0. The number of halogens is 1. The maximum atomic E-state index is 12.9. The molecule has 3 aromatic rings. The van der Waals surface area contributed by atoms with Crippen LogP contribution in [0.4, 0.5) is 10.8 Å². The highest BCUT2D eigenvalue weighted by Crippen LogP contribution is 2.39. The molecule has 2 N–H and O–H groups in total. The molecule has 148 valence electrons. The number of nitrogens with one attached hydrogen (secondary N) is 2. The van der Waals surface area contributed by atoms with Gasteiger partial charge in [0.2, 0.25) is 5.91 Å². The first-order chi connectivity index (χ1) is 13.9. The van der Waals surface area contributed by atoms with Crippen molar-refractivity contribution in [3.05, 3.63) is 74.7 Å². The molecule has 1 atom stereocenters. The van der Waals surface area contributed by atoms with Gasteiger partial charge in [0, 0.05) is 21.2 Å². The lowest BCUT2D eigenvalue weighted by atomic mass is 10.1. The van der Waals surface area contributed by atoms with Gasteiger partial charge in [-0.2, -0.15) is 0 Å². The Balaban J connectivity index is 1.47. The third kappa shape index (κ3) is 4.18. The molecule has 5 nitrogen and oxygen atoms in total. The third-order valence-corrected chi connectivity index (χ3v) is 6.30. The van der Waals surface area contributed by atoms with E-state index in [0.29, 0.717) is 15.7 Å². The Hall–Kier alpha value is -2.70. The summed E-state index contributed by atoms with van der Waals surface area (Å²) in [6.07, 6.45) is 1.52. The first-order valence-electron chi connectivity index (χ1n) is 9.35. The van der Waals surface area contributed by atoms with Crippen LogP contribution in [-0.2, 0) is 11.2 Å². The molecule has 4 rings (SSSR count). The average Bonchev–Trinajstić information content (AvgIpc) is 3.24. The van der Waals surface area contributed by atoms with E-state index in [9.17, 15) is 9.59 Å². The number of hydrogen-bond donors (Lipinski definition) is 2. The Morgan fingerprint density at radius 3 is 2.59 bits per heavy atom. The molecule has 1 heterocycles. The van der Waals surface area contributed by atoms with E-state index in [1.807, 2.05) is 32.0 Å². The highest BCUT2D eigenvalue weighted by Gasteiger charge is 2.33. The number of fused-ring (bicyclic) bond motifs is 1. The van der Waals surface area contributed by atoms with Crippen LogP contribution in [-0.4, -0.2) is 16.8 Å². The van der Waals surface area contributed by atoms with Gasteiger partial charge in [0.25, 0.3) is 5.91 Å². The van der Waals surface area contributed by atoms with Crippen LogP contribution < -0.4 is 10.6 Å². The molecular weight excluding hydrogens is 406 g/mol. The number of aryl methyl sites for hydroxylation is 3. The summed E-state index contributed by atoms with van der Waals surface area (Å²) in [6, 6.07) is 12.6. The van der Waals surface area contributed by atoms with Gasteiger partial charge in [0.15, 0.2) is 5.13 Å². The normalized spacial score (nSPS) is 15.1. The molecule has 1 unspecified atom stereocenters. The smallest absolute Gasteiger partial charge is 0.257 e. The Morgan fingerprint density at radius 1 is 1.10 bits per heavy atom. The van der Waals surface area contributed by atoms with Gasteiger partial charge < -0.3 is 5.32 Å². The predicted octanol–water partition coefficient (Wildman–Crippen LogP) is 5.33. The lowest BCUT2D eigenvalue weighted by Gasteiger charge is -2.13. The zero-order chi connectivity index (χ0) is 20.5. The SMILES string of the molecule is Cc1ccc(NC(=O)C2CCc3sc(NC(=O)c4ccc(Cl)cc4)nc32)c(C)c1. The number of nitrogens with zero attached hydrogens (tertiary/aromatic N) is 1. The molecule has 0 fully saturated rings. The largest absolute Gasteiger partial charge is 0.325 e. The lowest BCUT2D eigenvalue weighted by Crippen LogP contribution is -2.20. The second-order valence-corrected chi connectivity index (χ2v) is 8.71. The number of amides is 2. The Morgan fingerprint density at radius 2 is 1.86 bits per heavy atom. The third-order valence-electron chi connectivity index (χ3n) is 5.00. The highest BCUT2D eigenvalue weighted by molar-refractivity contribution is 7.16. The summed E-state index contributed by atoms with van der Waals surface area (Å²) in [5.41, 5.74) is 4.29. The van der Waals surface area contributed by atoms with E-state index in [-0.39, 0.29) is 17.7 Å². The number of anilines is 2. The van der Waals surface area contributed by atoms with Gasteiger partial charge in [-0.15, -0.1) is 11.3 Å². The summed E-state index contributed by atoms with van der Waals surface area (Å²) in [7, 11) is 0. The molecule has 0 aliphatic heterocycles. The molecule has 0 radical (unpaired) electrons. The van der Waals surface area contributed by atoms with Crippen LogP contribution in [0, 0.1) is 13.8 Å². The molecule has 1 aliphatic rings. The minimum absolute atomic E-state index is 0.0587. The molecule has 2 amide bonds. The second-order valence-electron chi connectivity index (χ2n) is 7.19. The predicted molar refractivity (Wildman–Crippen MR) is 117 cm³/mol. The van der Waals surface area contributed by atoms with E-state index >= 15 is 0 Å². The number of aromatic nitrogens is 1. The molecule has 0 saturated carbocycles. The van der Waals surface area contributed by atoms with Gasteiger partial charge in [0.05, 0.1) is 11.6 Å². The topological polar surface area (TPSA) is 71.1 Å². The summed E-state index contributed by atoms with van der Waals surface area (Å²) in [5.74, 6) is -0.606. The minimum Gasteiger partial charge on any atom is -0.325 e. The summed E-state index contributed by atoms with van der Waals surface area (Å²) in [4.78, 5) is 30.9. The molecule has 29 heavy (non-hydrogen) atoms. The second kappa shape index (κ2) is 7.97. The molecular formula is C22H20ClN3O2S. The Kier molecular flexibility index (Phi) is 5.39. The first kappa shape index (κ1) is 19.6. The van der Waals surface area contributed by atoms with Gasteiger partial charge in [-0.25, -0.2) is 4.98 Å². The van der Waals surface area contributed by atoms with Crippen LogP contribution in [0.2, 0.25) is 5.02 Å². The van der Waals surface area contributed by atoms with Crippen LogP contribution in [0.15, 0.2) is 42.5 Å². The molecule has 1 aliphatic carbocycles. The van der Waals surface area contributed by atoms with Crippen molar-refractivity contribution in [3.8, 4) is 0 Å². The van der Waals surface area contributed by atoms with Crippen LogP contribution in [0.3, 0.4) is 0 Å². The number of carbonyl (C=O) groups excluding carboxylic acids is 2. The van der Waals surface area contributed by atoms with E-state index in [1.54, 1.807) is 24.3 Å². The van der Waals surface area contributed by atoms with Crippen molar-refractivity contribution in [2.75, 3.05) is 10.6 Å². The van der Waals surface area contributed by atoms with Crippen molar-refractivity contribution >= 4 is 45.6 Å². The maximum Gasteiger partial charge on any atom is 0.257 e. The number of hydrogen-bond acceptors (Lipinski definition) is 4. The molecule has 1 aromatic heterocycles. The number of benzene rings is 2. The van der Waals surface area contributed by atoms with E-state index in [2.05, 4.69) is 15.6 Å². The van der Waals surface area contributed by atoms with Crippen LogP contribution in [0.1, 0.15) is 44.4 Å². The van der Waals surface area contributed by atoms with Crippen LogP contribution in [0.5, 0.6) is 0 Å². The van der Waals surface area contributed by atoms with Gasteiger partial charge in [-0.05, 0) is 62.6 Å². The number of rotatable bonds is 4. The zero-order valence-electron chi connectivity index (χ0n) is 16.1. The quantitative estimate of drug-likeness (QED) is 0.593. The van der Waals surface area contributed by atoms with Crippen molar-refractivity contribution in [1.82, 2.24) is 4.98 Å². The molecule has 0 spiro atoms. The number of thiazole rings is 1. The van der Waals surface area contributed by atoms with E-state index in [1.165, 1.54) is 11.3 Å². The Labute approximate surface area is 178 Å². The van der Waals surface area contributed by atoms with Crippen molar-refractivity contribution in [2.45, 2.75) is 32.6 Å². The van der Waals surface area contributed by atoms with E-state index < -0.39 is 0 Å². The fourth-order valence-corrected chi connectivity index (χ4v) is 4.64. The minimum atomic E-state index is -0.303. The standard InChI is InChI=1S/C22H20ClN3O2S/c1-12-3-9-17(13(2)11-12)24-21(28)16-8-10-18-19(16)25-22(29-18)26-20(27)14-4-6-15(23)7-5-14/h3-7,9,11,16H,8,10H2,1-2H3,(H,24,28)(H,25,26,27). The van der Waals surface area contributed by atoms with Crippen molar-refractivity contribution < 1.29 is 9.59 Å². The van der Waals surface area contributed by atoms with Gasteiger partial charge in [-0.1, -0.05) is 29.3 Å². The molecule has 7 heteroatoms. The number of carbonyl (C=O) groups is 2. The summed E-state index contributed by atoms with van der Waals surface area (Å²) in [5, 5.41) is 6.94. The van der Waals surface area contributed by atoms with Crippen molar-refractivity contribution in [3.63, 3.8) is 0 Å². The molecule has 0 saturated heterocycles. The van der Waals surface area contributed by atoms with Crippen molar-refractivity contribution in [1.29, 1.82) is 0 Å². The van der Waals surface area contributed by atoms with Gasteiger partial charge in [-0.3, -0.25) is 14.9 Å². The maximum absolute atomic E-state index is 12.9. The Bertz CT molecular complexity index is 1090. The zero-order valence-corrected chi connectivity index (χ0v) is 17.7. The van der Waals surface area contributed by atoms with E-state index in [4.69, 9.17) is 11.6 Å². The summed E-state index contributed by atoms with van der Waals surface area (Å²) in [6.45, 7) is 4.01. The highest BCUT2D eigenvalue weighted by atomic mass is 35.5. The summed E-state index contributed by atoms with van der Waals surface area (Å²) >= 11 is 7.30. The van der Waals surface area contributed by atoms with E-state index in [0.717, 1.165) is 40.2 Å². The van der Waals surface area contributed by atoms with Crippen LogP contribution in [0.25, 0.3) is 0 Å². The van der Waals surface area contributed by atoms with Gasteiger partial charge in [0.1, 0.15) is 0 Å². The monoisotopic (exact) mass is 425 g/mol. The lowest BCUT2D eigenvalue weighted by molar-refractivity contribution is -0.117. The fraction of sp³-hybridized carbons (Fsp3) is 0.227. The first-order valence-corrected chi connectivity index (χ1v) is 10.5.